The molecule has 1 atom stereocenters. The third-order valence-corrected chi connectivity index (χ3v) is 5.18. The molecule has 1 aliphatic carbocycles. The van der Waals surface area contributed by atoms with Gasteiger partial charge < -0.3 is 14.2 Å². The van der Waals surface area contributed by atoms with E-state index in [0.29, 0.717) is 5.75 Å². The number of hydrogen-bond acceptors (Lipinski definition) is 3. The number of rotatable bonds is 3. The molecule has 0 unspecified atom stereocenters. The molecule has 2 heterocycles. The van der Waals surface area contributed by atoms with Crippen molar-refractivity contribution < 1.29 is 18.8 Å². The zero-order valence-corrected chi connectivity index (χ0v) is 13.4. The molecule has 0 spiro atoms. The molecule has 116 valence electrons. The van der Waals surface area contributed by atoms with Crippen molar-refractivity contribution in [3.63, 3.8) is 0 Å². The molecule has 0 amide bonds. The SMILES string of the molecule is COc1cc2c3c4[n+](cc2c(OC)c1OC)CC[C@@H]4CCC3. The van der Waals surface area contributed by atoms with Crippen LogP contribution in [0.25, 0.3) is 10.8 Å². The molecule has 0 fully saturated rings. The number of methoxy groups -OCH3 is 3. The highest BCUT2D eigenvalue weighted by atomic mass is 16.5. The fourth-order valence-electron chi connectivity index (χ4n) is 4.26. The largest absolute Gasteiger partial charge is 0.493 e. The lowest BCUT2D eigenvalue weighted by atomic mass is 9.84. The zero-order chi connectivity index (χ0) is 15.3. The molecule has 1 aromatic heterocycles. The summed E-state index contributed by atoms with van der Waals surface area (Å²) >= 11 is 0. The minimum Gasteiger partial charge on any atom is -0.493 e. The normalized spacial score (nSPS) is 19.1. The van der Waals surface area contributed by atoms with Crippen molar-refractivity contribution in [2.75, 3.05) is 21.3 Å². The Morgan fingerprint density at radius 1 is 1.00 bits per heavy atom. The lowest BCUT2D eigenvalue weighted by Crippen LogP contribution is -2.35. The maximum Gasteiger partial charge on any atom is 0.204 e. The van der Waals surface area contributed by atoms with E-state index in [2.05, 4.69) is 16.8 Å². The Morgan fingerprint density at radius 3 is 2.55 bits per heavy atom. The van der Waals surface area contributed by atoms with Crippen LogP contribution >= 0.6 is 0 Å². The van der Waals surface area contributed by atoms with Gasteiger partial charge in [0.05, 0.1) is 32.6 Å². The van der Waals surface area contributed by atoms with Crippen LogP contribution in [0, 0.1) is 0 Å². The molecule has 0 saturated heterocycles. The summed E-state index contributed by atoms with van der Waals surface area (Å²) < 4.78 is 19.2. The number of aryl methyl sites for hydroxylation is 2. The highest BCUT2D eigenvalue weighted by Gasteiger charge is 2.37. The summed E-state index contributed by atoms with van der Waals surface area (Å²) in [5.41, 5.74) is 3.01. The number of ether oxygens (including phenoxy) is 3. The van der Waals surface area contributed by atoms with Crippen molar-refractivity contribution in [3.8, 4) is 17.2 Å². The third-order valence-electron chi connectivity index (χ3n) is 5.18. The molecule has 4 heteroatoms. The second-order valence-corrected chi connectivity index (χ2v) is 6.17. The van der Waals surface area contributed by atoms with Crippen molar-refractivity contribution in [3.05, 3.63) is 23.5 Å². The molecule has 1 aliphatic heterocycles. The maximum atomic E-state index is 5.68. The van der Waals surface area contributed by atoms with Crippen LogP contribution in [-0.2, 0) is 13.0 Å². The van der Waals surface area contributed by atoms with Crippen LogP contribution in [0.5, 0.6) is 17.2 Å². The Hall–Kier alpha value is -1.97. The van der Waals surface area contributed by atoms with Crippen LogP contribution < -0.4 is 18.8 Å². The first-order valence-corrected chi connectivity index (χ1v) is 7.96. The van der Waals surface area contributed by atoms with Crippen LogP contribution in [0.2, 0.25) is 0 Å². The first kappa shape index (κ1) is 13.7. The van der Waals surface area contributed by atoms with Crippen LogP contribution in [0.4, 0.5) is 0 Å². The van der Waals surface area contributed by atoms with Gasteiger partial charge in [-0.15, -0.1) is 0 Å². The molecule has 0 bridgehead atoms. The van der Waals surface area contributed by atoms with Crippen molar-refractivity contribution in [1.82, 2.24) is 0 Å². The maximum absolute atomic E-state index is 5.68. The predicted molar refractivity (Wildman–Crippen MR) is 84.1 cm³/mol. The molecule has 2 aliphatic rings. The average Bonchev–Trinajstić information content (AvgIpc) is 2.98. The molecule has 0 radical (unpaired) electrons. The Bertz CT molecular complexity index is 754. The molecule has 0 N–H and O–H groups in total. The first-order valence-electron chi connectivity index (χ1n) is 7.96. The number of benzene rings is 1. The molecule has 0 saturated carbocycles. The number of pyridine rings is 1. The van der Waals surface area contributed by atoms with Gasteiger partial charge in [-0.1, -0.05) is 0 Å². The summed E-state index contributed by atoms with van der Waals surface area (Å²) in [4.78, 5) is 0. The molecule has 4 rings (SSSR count). The summed E-state index contributed by atoms with van der Waals surface area (Å²) in [7, 11) is 5.04. The third kappa shape index (κ3) is 1.73. The van der Waals surface area contributed by atoms with Crippen LogP contribution in [0.1, 0.15) is 36.4 Å². The monoisotopic (exact) mass is 300 g/mol. The van der Waals surface area contributed by atoms with Gasteiger partial charge in [0.2, 0.25) is 5.75 Å². The van der Waals surface area contributed by atoms with E-state index in [0.717, 1.165) is 35.8 Å². The Morgan fingerprint density at radius 2 is 1.82 bits per heavy atom. The average molecular weight is 300 g/mol. The lowest BCUT2D eigenvalue weighted by molar-refractivity contribution is -0.690. The van der Waals surface area contributed by atoms with Crippen LogP contribution in [0.15, 0.2) is 12.3 Å². The van der Waals surface area contributed by atoms with E-state index < -0.39 is 0 Å². The second kappa shape index (κ2) is 5.04. The van der Waals surface area contributed by atoms with E-state index >= 15 is 0 Å². The zero-order valence-electron chi connectivity index (χ0n) is 13.4. The van der Waals surface area contributed by atoms with E-state index in [1.807, 2.05) is 0 Å². The Balaban J connectivity index is 2.11. The van der Waals surface area contributed by atoms with Crippen molar-refractivity contribution >= 4 is 10.8 Å². The number of nitrogens with zero attached hydrogens (tertiary/aromatic N) is 1. The lowest BCUT2D eigenvalue weighted by Gasteiger charge is -2.20. The molecule has 2 aromatic rings. The van der Waals surface area contributed by atoms with E-state index in [9.17, 15) is 0 Å². The summed E-state index contributed by atoms with van der Waals surface area (Å²) in [5.74, 6) is 2.92. The van der Waals surface area contributed by atoms with Gasteiger partial charge in [-0.05, 0) is 25.3 Å². The smallest absolute Gasteiger partial charge is 0.204 e. The summed E-state index contributed by atoms with van der Waals surface area (Å²) in [6.45, 7) is 1.11. The molecular weight excluding hydrogens is 278 g/mol. The number of hydrogen-bond donors (Lipinski definition) is 0. The van der Waals surface area contributed by atoms with Crippen LogP contribution in [0.3, 0.4) is 0 Å². The minimum absolute atomic E-state index is 0.676. The highest BCUT2D eigenvalue weighted by Crippen LogP contribution is 2.47. The number of aromatic nitrogens is 1. The van der Waals surface area contributed by atoms with Gasteiger partial charge in [-0.2, -0.15) is 0 Å². The number of fused-ring (bicyclic) bond motifs is 2. The summed E-state index contributed by atoms with van der Waals surface area (Å²) in [6.07, 6.45) is 7.23. The molecular formula is C18H22NO3+. The van der Waals surface area contributed by atoms with Crippen molar-refractivity contribution in [1.29, 1.82) is 0 Å². The van der Waals surface area contributed by atoms with E-state index in [1.165, 1.54) is 35.9 Å². The summed E-state index contributed by atoms with van der Waals surface area (Å²) in [5, 5.41) is 2.38. The van der Waals surface area contributed by atoms with Gasteiger partial charge in [0.15, 0.2) is 23.4 Å². The van der Waals surface area contributed by atoms with Crippen LogP contribution in [-0.4, -0.2) is 21.3 Å². The van der Waals surface area contributed by atoms with Crippen molar-refractivity contribution in [2.45, 2.75) is 38.1 Å². The van der Waals surface area contributed by atoms with Gasteiger partial charge in [0.1, 0.15) is 6.54 Å². The highest BCUT2D eigenvalue weighted by molar-refractivity contribution is 5.94. The van der Waals surface area contributed by atoms with Gasteiger partial charge in [-0.25, -0.2) is 4.57 Å². The van der Waals surface area contributed by atoms with E-state index in [4.69, 9.17) is 14.2 Å². The first-order chi connectivity index (χ1) is 10.8. The quantitative estimate of drug-likeness (QED) is 0.817. The molecule has 22 heavy (non-hydrogen) atoms. The van der Waals surface area contributed by atoms with Gasteiger partial charge >= 0.3 is 0 Å². The minimum atomic E-state index is 0.676. The molecule has 1 aromatic carbocycles. The fourth-order valence-corrected chi connectivity index (χ4v) is 4.26. The summed E-state index contributed by atoms with van der Waals surface area (Å²) in [6, 6.07) is 2.12. The topological polar surface area (TPSA) is 31.6 Å². The van der Waals surface area contributed by atoms with Gasteiger partial charge in [0.25, 0.3) is 0 Å². The van der Waals surface area contributed by atoms with Gasteiger partial charge in [-0.3, -0.25) is 0 Å². The van der Waals surface area contributed by atoms with Gasteiger partial charge in [0, 0.05) is 17.4 Å². The standard InChI is InChI=1S/C18H22NO3/c1-20-15-9-13-12-6-4-5-11-7-8-19(16(11)12)10-14(13)17(21-2)18(15)22-3/h9-11H,4-8H2,1-3H3/q+1/t11-/m0/s1. The van der Waals surface area contributed by atoms with Crippen molar-refractivity contribution in [2.24, 2.45) is 0 Å². The fraction of sp³-hybridized carbons (Fsp3) is 0.500. The second-order valence-electron chi connectivity index (χ2n) is 6.17. The van der Waals surface area contributed by atoms with E-state index in [1.54, 1.807) is 21.3 Å². The Kier molecular flexibility index (Phi) is 3.13. The molecule has 4 nitrogen and oxygen atoms in total. The Labute approximate surface area is 130 Å². The predicted octanol–water partition coefficient (Wildman–Crippen LogP) is 2.98. The van der Waals surface area contributed by atoms with E-state index in [-0.39, 0.29) is 0 Å².